The van der Waals surface area contributed by atoms with Gasteiger partial charge in [0.25, 0.3) is 0 Å². The van der Waals surface area contributed by atoms with E-state index >= 15 is 0 Å². The van der Waals surface area contributed by atoms with Gasteiger partial charge < -0.3 is 10.4 Å². The molecular weight excluding hydrogens is 281 g/mol. The number of benzene rings is 1. The van der Waals surface area contributed by atoms with Gasteiger partial charge in [-0.1, -0.05) is 31.4 Å². The van der Waals surface area contributed by atoms with Crippen LogP contribution in [0.3, 0.4) is 0 Å². The Balaban J connectivity index is 1.67. The lowest BCUT2D eigenvalue weighted by Crippen LogP contribution is -2.40. The number of aliphatic hydroxyl groups is 1. The van der Waals surface area contributed by atoms with Crippen LogP contribution in [0, 0.1) is 11.7 Å². The van der Waals surface area contributed by atoms with Crippen molar-refractivity contribution in [2.75, 3.05) is 0 Å². The summed E-state index contributed by atoms with van der Waals surface area (Å²) < 4.78 is 13.1. The van der Waals surface area contributed by atoms with Gasteiger partial charge in [-0.05, 0) is 49.3 Å². The first-order valence-corrected chi connectivity index (χ1v) is 8.33. The van der Waals surface area contributed by atoms with E-state index in [1.807, 2.05) is 0 Å². The number of halogens is 1. The fraction of sp³-hybridized carbons (Fsp3) is 0.611. The Hall–Kier alpha value is -1.42. The standard InChI is InChI=1S/C18H24FNO2/c19-15-8-6-14(7-9-15)17(13-4-3-5-13)20-16(21)12-18(22)10-1-2-11-18/h6-9,13,17,22H,1-5,10-12H2,(H,20,21). The lowest BCUT2D eigenvalue weighted by Gasteiger charge is -2.35. The minimum atomic E-state index is -0.822. The van der Waals surface area contributed by atoms with Gasteiger partial charge in [0, 0.05) is 0 Å². The van der Waals surface area contributed by atoms with Crippen molar-refractivity contribution in [1.82, 2.24) is 5.32 Å². The van der Waals surface area contributed by atoms with Crippen LogP contribution >= 0.6 is 0 Å². The fourth-order valence-corrected chi connectivity index (χ4v) is 3.65. The third-order valence-corrected chi connectivity index (χ3v) is 5.19. The zero-order valence-electron chi connectivity index (χ0n) is 12.9. The number of rotatable bonds is 5. The van der Waals surface area contributed by atoms with Gasteiger partial charge in [-0.3, -0.25) is 4.79 Å². The minimum Gasteiger partial charge on any atom is -0.389 e. The number of amides is 1. The summed E-state index contributed by atoms with van der Waals surface area (Å²) in [5.74, 6) is 0.0703. The molecule has 1 unspecified atom stereocenters. The lowest BCUT2D eigenvalue weighted by molar-refractivity contribution is -0.127. The van der Waals surface area contributed by atoms with Crippen LogP contribution in [-0.4, -0.2) is 16.6 Å². The molecule has 3 nitrogen and oxygen atoms in total. The summed E-state index contributed by atoms with van der Waals surface area (Å²) in [4.78, 5) is 12.4. The van der Waals surface area contributed by atoms with Crippen molar-refractivity contribution in [1.29, 1.82) is 0 Å². The largest absolute Gasteiger partial charge is 0.389 e. The van der Waals surface area contributed by atoms with Crippen molar-refractivity contribution >= 4 is 5.91 Å². The second-order valence-electron chi connectivity index (χ2n) is 6.90. The molecule has 2 N–H and O–H groups in total. The Kier molecular flexibility index (Phi) is 4.48. The third-order valence-electron chi connectivity index (χ3n) is 5.19. The first-order valence-electron chi connectivity index (χ1n) is 8.33. The molecule has 0 heterocycles. The quantitative estimate of drug-likeness (QED) is 0.875. The highest BCUT2D eigenvalue weighted by molar-refractivity contribution is 5.77. The van der Waals surface area contributed by atoms with Gasteiger partial charge in [0.05, 0.1) is 18.1 Å². The van der Waals surface area contributed by atoms with Gasteiger partial charge in [-0.15, -0.1) is 0 Å². The van der Waals surface area contributed by atoms with Crippen molar-refractivity contribution in [3.8, 4) is 0 Å². The molecule has 120 valence electrons. The maximum Gasteiger partial charge on any atom is 0.223 e. The van der Waals surface area contributed by atoms with Crippen LogP contribution in [0.2, 0.25) is 0 Å². The van der Waals surface area contributed by atoms with E-state index in [1.165, 1.54) is 18.6 Å². The first-order chi connectivity index (χ1) is 10.6. The van der Waals surface area contributed by atoms with Crippen LogP contribution in [0.15, 0.2) is 24.3 Å². The summed E-state index contributed by atoms with van der Waals surface area (Å²) in [6.45, 7) is 0. The van der Waals surface area contributed by atoms with Gasteiger partial charge in [0.15, 0.2) is 0 Å². The van der Waals surface area contributed by atoms with Crippen molar-refractivity contribution < 1.29 is 14.3 Å². The van der Waals surface area contributed by atoms with E-state index in [1.54, 1.807) is 12.1 Å². The Labute approximate surface area is 130 Å². The van der Waals surface area contributed by atoms with Crippen LogP contribution in [0.4, 0.5) is 4.39 Å². The maximum atomic E-state index is 13.1. The molecule has 0 bridgehead atoms. The molecule has 1 amide bonds. The smallest absolute Gasteiger partial charge is 0.223 e. The number of hydrogen-bond donors (Lipinski definition) is 2. The van der Waals surface area contributed by atoms with E-state index in [2.05, 4.69) is 5.32 Å². The normalized spacial score (nSPS) is 22.1. The summed E-state index contributed by atoms with van der Waals surface area (Å²) >= 11 is 0. The summed E-state index contributed by atoms with van der Waals surface area (Å²) in [6.07, 6.45) is 6.95. The molecule has 2 aliphatic carbocycles. The van der Waals surface area contributed by atoms with E-state index in [-0.39, 0.29) is 24.2 Å². The molecular formula is C18H24FNO2. The number of carbonyl (C=O) groups excluding carboxylic acids is 1. The van der Waals surface area contributed by atoms with E-state index < -0.39 is 5.60 Å². The van der Waals surface area contributed by atoms with E-state index in [0.29, 0.717) is 18.8 Å². The predicted octanol–water partition coefficient (Wildman–Crippen LogP) is 3.48. The summed E-state index contributed by atoms with van der Waals surface area (Å²) in [6, 6.07) is 6.33. The SMILES string of the molecule is O=C(CC1(O)CCCC1)NC(c1ccc(F)cc1)C1CCC1. The van der Waals surface area contributed by atoms with Gasteiger partial charge in [-0.2, -0.15) is 0 Å². The topological polar surface area (TPSA) is 49.3 Å². The molecule has 3 rings (SSSR count). The van der Waals surface area contributed by atoms with Crippen LogP contribution in [0.25, 0.3) is 0 Å². The fourth-order valence-electron chi connectivity index (χ4n) is 3.65. The predicted molar refractivity (Wildman–Crippen MR) is 82.7 cm³/mol. The second-order valence-corrected chi connectivity index (χ2v) is 6.90. The Morgan fingerprint density at radius 1 is 1.23 bits per heavy atom. The summed E-state index contributed by atoms with van der Waals surface area (Å²) in [7, 11) is 0. The van der Waals surface area contributed by atoms with Crippen molar-refractivity contribution in [3.05, 3.63) is 35.6 Å². The molecule has 1 atom stereocenters. The van der Waals surface area contributed by atoms with Crippen LogP contribution in [-0.2, 0) is 4.79 Å². The third kappa shape index (κ3) is 3.49. The van der Waals surface area contributed by atoms with Gasteiger partial charge in [0.1, 0.15) is 5.82 Å². The van der Waals surface area contributed by atoms with Crippen molar-refractivity contribution in [3.63, 3.8) is 0 Å². The van der Waals surface area contributed by atoms with Crippen LogP contribution < -0.4 is 5.32 Å². The molecule has 0 aliphatic heterocycles. The highest BCUT2D eigenvalue weighted by Gasteiger charge is 2.35. The summed E-state index contributed by atoms with van der Waals surface area (Å²) in [5, 5.41) is 13.5. The lowest BCUT2D eigenvalue weighted by atomic mass is 9.77. The molecule has 4 heteroatoms. The van der Waals surface area contributed by atoms with E-state index in [9.17, 15) is 14.3 Å². The molecule has 2 saturated carbocycles. The zero-order chi connectivity index (χ0) is 15.6. The molecule has 0 saturated heterocycles. The van der Waals surface area contributed by atoms with E-state index in [4.69, 9.17) is 0 Å². The highest BCUT2D eigenvalue weighted by Crippen LogP contribution is 2.38. The van der Waals surface area contributed by atoms with Gasteiger partial charge >= 0.3 is 0 Å². The molecule has 0 spiro atoms. The highest BCUT2D eigenvalue weighted by atomic mass is 19.1. The maximum absolute atomic E-state index is 13.1. The van der Waals surface area contributed by atoms with Gasteiger partial charge in [0.2, 0.25) is 5.91 Å². The number of hydrogen-bond acceptors (Lipinski definition) is 2. The Morgan fingerprint density at radius 2 is 1.86 bits per heavy atom. The molecule has 0 aromatic heterocycles. The number of nitrogens with one attached hydrogen (secondary N) is 1. The zero-order valence-corrected chi connectivity index (χ0v) is 12.9. The monoisotopic (exact) mass is 305 g/mol. The molecule has 1 aromatic rings. The molecule has 0 radical (unpaired) electrons. The molecule has 2 aliphatic rings. The summed E-state index contributed by atoms with van der Waals surface area (Å²) in [5.41, 5.74) is 0.134. The molecule has 22 heavy (non-hydrogen) atoms. The average Bonchev–Trinajstić information content (AvgIpc) is 2.83. The van der Waals surface area contributed by atoms with Crippen molar-refractivity contribution in [2.24, 2.45) is 5.92 Å². The van der Waals surface area contributed by atoms with Crippen molar-refractivity contribution in [2.45, 2.75) is 63.0 Å². The number of carbonyl (C=O) groups is 1. The van der Waals surface area contributed by atoms with E-state index in [0.717, 1.165) is 31.2 Å². The second kappa shape index (κ2) is 6.37. The van der Waals surface area contributed by atoms with Gasteiger partial charge in [-0.25, -0.2) is 4.39 Å². The Morgan fingerprint density at radius 3 is 2.41 bits per heavy atom. The van der Waals surface area contributed by atoms with Crippen LogP contribution in [0.5, 0.6) is 0 Å². The van der Waals surface area contributed by atoms with Crippen LogP contribution in [0.1, 0.15) is 63.0 Å². The molecule has 1 aromatic carbocycles. The first kappa shape index (κ1) is 15.5. The minimum absolute atomic E-state index is 0.0631. The Bertz CT molecular complexity index is 518. The average molecular weight is 305 g/mol. The molecule has 2 fully saturated rings.